The first-order valence-corrected chi connectivity index (χ1v) is 6.30. The van der Waals surface area contributed by atoms with Crippen LogP contribution in [0.25, 0.3) is 5.69 Å². The fraction of sp³-hybridized carbons (Fsp3) is 0.0909. The van der Waals surface area contributed by atoms with Gasteiger partial charge in [0, 0.05) is 0 Å². The van der Waals surface area contributed by atoms with Crippen LogP contribution in [0, 0.1) is 0 Å². The molecular formula is C11H4Cl3F3N2O2. The molecule has 0 aliphatic rings. The lowest BCUT2D eigenvalue weighted by Crippen LogP contribution is -2.12. The van der Waals surface area contributed by atoms with E-state index in [1.807, 2.05) is 0 Å². The molecule has 0 amide bonds. The molecular weight excluding hydrogens is 355 g/mol. The van der Waals surface area contributed by atoms with Crippen LogP contribution in [0.5, 0.6) is 0 Å². The van der Waals surface area contributed by atoms with Crippen molar-refractivity contribution in [3.05, 3.63) is 44.7 Å². The topological polar surface area (TPSA) is 55.1 Å². The molecule has 0 radical (unpaired) electrons. The summed E-state index contributed by atoms with van der Waals surface area (Å²) >= 11 is 17.2. The maximum absolute atomic E-state index is 12.8. The van der Waals surface area contributed by atoms with Crippen molar-refractivity contribution in [2.75, 3.05) is 0 Å². The molecule has 0 fully saturated rings. The van der Waals surface area contributed by atoms with Crippen LogP contribution < -0.4 is 0 Å². The molecule has 0 saturated carbocycles. The van der Waals surface area contributed by atoms with E-state index in [1.54, 1.807) is 0 Å². The lowest BCUT2D eigenvalue weighted by molar-refractivity contribution is -0.141. The highest BCUT2D eigenvalue weighted by Gasteiger charge is 2.41. The Kier molecular flexibility index (Phi) is 4.10. The standard InChI is InChI=1S/C11H4Cl3F3N2O2/c12-5-2-1-4(3-6(5)13)19-9(14)7(10(20)21)8(18-19)11(15,16)17/h1-3H,(H,20,21). The van der Waals surface area contributed by atoms with E-state index < -0.39 is 28.6 Å². The molecule has 10 heteroatoms. The third kappa shape index (κ3) is 2.95. The maximum atomic E-state index is 12.8. The smallest absolute Gasteiger partial charge is 0.436 e. The molecule has 2 rings (SSSR count). The number of carboxylic acid groups (broad SMARTS) is 1. The molecule has 0 aliphatic heterocycles. The Balaban J connectivity index is 2.71. The minimum absolute atomic E-state index is 0.0485. The third-order valence-corrected chi connectivity index (χ3v) is 3.55. The van der Waals surface area contributed by atoms with Gasteiger partial charge in [0.25, 0.3) is 0 Å². The van der Waals surface area contributed by atoms with Gasteiger partial charge in [0.1, 0.15) is 10.7 Å². The van der Waals surface area contributed by atoms with Gasteiger partial charge in [-0.3, -0.25) is 0 Å². The first-order chi connectivity index (χ1) is 9.62. The Hall–Kier alpha value is -1.44. The van der Waals surface area contributed by atoms with Gasteiger partial charge < -0.3 is 5.11 Å². The number of aromatic carboxylic acids is 1. The van der Waals surface area contributed by atoms with Crippen LogP contribution in [0.3, 0.4) is 0 Å². The summed E-state index contributed by atoms with van der Waals surface area (Å²) in [6.07, 6.45) is -4.96. The van der Waals surface area contributed by atoms with Crippen LogP contribution in [-0.4, -0.2) is 20.9 Å². The molecule has 112 valence electrons. The number of aromatic nitrogens is 2. The molecule has 0 unspecified atom stereocenters. The Morgan fingerprint density at radius 3 is 2.24 bits per heavy atom. The molecule has 0 aliphatic carbocycles. The van der Waals surface area contributed by atoms with Crippen molar-refractivity contribution < 1.29 is 23.1 Å². The maximum Gasteiger partial charge on any atom is 0.436 e. The Morgan fingerprint density at radius 2 is 1.81 bits per heavy atom. The molecule has 1 N–H and O–H groups in total. The van der Waals surface area contributed by atoms with Gasteiger partial charge in [-0.05, 0) is 18.2 Å². The second kappa shape index (κ2) is 5.40. The molecule has 4 nitrogen and oxygen atoms in total. The van der Waals surface area contributed by atoms with E-state index in [9.17, 15) is 18.0 Å². The summed E-state index contributed by atoms with van der Waals surface area (Å²) in [5, 5.41) is 11.7. The summed E-state index contributed by atoms with van der Waals surface area (Å²) < 4.78 is 39.1. The van der Waals surface area contributed by atoms with Gasteiger partial charge in [0.05, 0.1) is 15.7 Å². The van der Waals surface area contributed by atoms with Gasteiger partial charge >= 0.3 is 12.1 Å². The second-order valence-electron chi connectivity index (χ2n) is 3.83. The quantitative estimate of drug-likeness (QED) is 0.856. The van der Waals surface area contributed by atoms with E-state index in [0.717, 1.165) is 0 Å². The van der Waals surface area contributed by atoms with Crippen molar-refractivity contribution in [1.29, 1.82) is 0 Å². The molecule has 0 atom stereocenters. The van der Waals surface area contributed by atoms with Crippen molar-refractivity contribution in [3.63, 3.8) is 0 Å². The fourth-order valence-electron chi connectivity index (χ4n) is 1.57. The van der Waals surface area contributed by atoms with Gasteiger partial charge in [-0.15, -0.1) is 0 Å². The SMILES string of the molecule is O=C(O)c1c(C(F)(F)F)nn(-c2ccc(Cl)c(Cl)c2)c1Cl. The van der Waals surface area contributed by atoms with Gasteiger partial charge in [-0.2, -0.15) is 18.3 Å². The van der Waals surface area contributed by atoms with Crippen molar-refractivity contribution in [1.82, 2.24) is 9.78 Å². The Bertz CT molecular complexity index is 728. The number of hydrogen-bond donors (Lipinski definition) is 1. The van der Waals surface area contributed by atoms with E-state index in [-0.39, 0.29) is 15.7 Å². The van der Waals surface area contributed by atoms with Gasteiger partial charge in [-0.25, -0.2) is 9.48 Å². The predicted octanol–water partition coefficient (Wildman–Crippen LogP) is 4.55. The number of rotatable bonds is 2. The summed E-state index contributed by atoms with van der Waals surface area (Å²) in [4.78, 5) is 11.0. The minimum Gasteiger partial charge on any atom is -0.478 e. The van der Waals surface area contributed by atoms with Crippen LogP contribution in [-0.2, 0) is 6.18 Å². The van der Waals surface area contributed by atoms with Crippen molar-refractivity contribution in [2.24, 2.45) is 0 Å². The molecule has 1 aromatic carbocycles. The Morgan fingerprint density at radius 1 is 1.19 bits per heavy atom. The molecule has 0 bridgehead atoms. The van der Waals surface area contributed by atoms with Gasteiger partial charge in [0.2, 0.25) is 0 Å². The highest BCUT2D eigenvalue weighted by Crippen LogP contribution is 2.36. The predicted molar refractivity (Wildman–Crippen MR) is 70.6 cm³/mol. The molecule has 2 aromatic rings. The van der Waals surface area contributed by atoms with E-state index in [0.29, 0.717) is 4.68 Å². The molecule has 1 aromatic heterocycles. The average Bonchev–Trinajstić information content (AvgIpc) is 2.70. The van der Waals surface area contributed by atoms with E-state index in [4.69, 9.17) is 39.9 Å². The highest BCUT2D eigenvalue weighted by molar-refractivity contribution is 6.42. The summed E-state index contributed by atoms with van der Waals surface area (Å²) in [6, 6.07) is 3.85. The third-order valence-electron chi connectivity index (χ3n) is 2.46. The van der Waals surface area contributed by atoms with E-state index in [2.05, 4.69) is 5.10 Å². The molecule has 21 heavy (non-hydrogen) atoms. The van der Waals surface area contributed by atoms with Crippen molar-refractivity contribution in [2.45, 2.75) is 6.18 Å². The number of halogens is 6. The number of carboxylic acids is 1. The van der Waals surface area contributed by atoms with Crippen LogP contribution in [0.15, 0.2) is 18.2 Å². The number of hydrogen-bond acceptors (Lipinski definition) is 2. The normalized spacial score (nSPS) is 11.7. The number of alkyl halides is 3. The molecule has 0 spiro atoms. The van der Waals surface area contributed by atoms with Gasteiger partial charge in [0.15, 0.2) is 5.69 Å². The summed E-state index contributed by atoms with van der Waals surface area (Å²) in [7, 11) is 0. The summed E-state index contributed by atoms with van der Waals surface area (Å²) in [5.74, 6) is -1.83. The Labute approximate surface area is 130 Å². The van der Waals surface area contributed by atoms with E-state index >= 15 is 0 Å². The van der Waals surface area contributed by atoms with E-state index in [1.165, 1.54) is 18.2 Å². The van der Waals surface area contributed by atoms with Crippen LogP contribution in [0.2, 0.25) is 15.2 Å². The van der Waals surface area contributed by atoms with Crippen LogP contribution >= 0.6 is 34.8 Å². The first kappa shape index (κ1) is 15.9. The first-order valence-electron chi connectivity index (χ1n) is 5.17. The molecule has 1 heterocycles. The van der Waals surface area contributed by atoms with Crippen LogP contribution in [0.4, 0.5) is 13.2 Å². The zero-order valence-electron chi connectivity index (χ0n) is 9.75. The zero-order valence-corrected chi connectivity index (χ0v) is 12.0. The number of nitrogens with zero attached hydrogens (tertiary/aromatic N) is 2. The lowest BCUT2D eigenvalue weighted by Gasteiger charge is -2.05. The monoisotopic (exact) mass is 358 g/mol. The van der Waals surface area contributed by atoms with Crippen molar-refractivity contribution in [3.8, 4) is 5.69 Å². The number of carbonyl (C=O) groups is 1. The molecule has 0 saturated heterocycles. The van der Waals surface area contributed by atoms with Gasteiger partial charge in [-0.1, -0.05) is 34.8 Å². The lowest BCUT2D eigenvalue weighted by atomic mass is 10.2. The highest BCUT2D eigenvalue weighted by atomic mass is 35.5. The number of benzene rings is 1. The average molecular weight is 360 g/mol. The minimum atomic E-state index is -4.96. The summed E-state index contributed by atoms with van der Waals surface area (Å²) in [5.41, 5.74) is -2.67. The van der Waals surface area contributed by atoms with Crippen molar-refractivity contribution >= 4 is 40.8 Å². The zero-order chi connectivity index (χ0) is 15.9. The van der Waals surface area contributed by atoms with Crippen LogP contribution in [0.1, 0.15) is 16.1 Å². The fourth-order valence-corrected chi connectivity index (χ4v) is 2.17. The summed E-state index contributed by atoms with van der Waals surface area (Å²) in [6.45, 7) is 0. The largest absolute Gasteiger partial charge is 0.478 e. The second-order valence-corrected chi connectivity index (χ2v) is 5.00.